The Kier molecular flexibility index (Phi) is 7.08. The predicted molar refractivity (Wildman–Crippen MR) is 95.8 cm³/mol. The summed E-state index contributed by atoms with van der Waals surface area (Å²) in [7, 11) is -17.3. The number of halogens is 2. The molecule has 1 saturated heterocycles. The van der Waals surface area contributed by atoms with Gasteiger partial charge in [-0.05, 0) is 13.0 Å². The maximum Gasteiger partial charge on any atom is 0.490 e. The number of aliphatic imine (C=N–C) groups is 1. The van der Waals surface area contributed by atoms with E-state index in [1.807, 2.05) is 0 Å². The highest BCUT2D eigenvalue weighted by Crippen LogP contribution is 2.66. The van der Waals surface area contributed by atoms with E-state index in [1.54, 1.807) is 0 Å². The zero-order valence-corrected chi connectivity index (χ0v) is 18.1. The predicted octanol–water partition coefficient (Wildman–Crippen LogP) is 0.0986. The third-order valence-corrected chi connectivity index (χ3v) is 7.54. The van der Waals surface area contributed by atoms with Crippen molar-refractivity contribution in [2.45, 2.75) is 30.8 Å². The van der Waals surface area contributed by atoms with Gasteiger partial charge in [0.2, 0.25) is 0 Å². The molecule has 0 aromatic heterocycles. The summed E-state index contributed by atoms with van der Waals surface area (Å²) in [5.41, 5.74) is 2.84. The second-order valence-electron chi connectivity index (χ2n) is 6.39. The van der Waals surface area contributed by atoms with Crippen LogP contribution in [0.4, 0.5) is 8.78 Å². The van der Waals surface area contributed by atoms with E-state index in [0.29, 0.717) is 0 Å². The molecule has 6 atom stereocenters. The molecule has 7 N–H and O–H groups in total. The molecule has 2 unspecified atom stereocenters. The highest BCUT2D eigenvalue weighted by molar-refractivity contribution is 7.66. The van der Waals surface area contributed by atoms with Gasteiger partial charge in [-0.2, -0.15) is 8.62 Å². The van der Waals surface area contributed by atoms with E-state index in [1.165, 1.54) is 6.08 Å². The third-order valence-electron chi connectivity index (χ3n) is 3.75. The Morgan fingerprint density at radius 3 is 2.39 bits per heavy atom. The van der Waals surface area contributed by atoms with Crippen LogP contribution in [0.1, 0.15) is 6.92 Å². The first-order chi connectivity index (χ1) is 13.8. The fourth-order valence-electron chi connectivity index (χ4n) is 2.54. The summed E-state index contributed by atoms with van der Waals surface area (Å²) in [5.74, 6) is -3.79. The molecule has 0 aromatic carbocycles. The number of ether oxygens (including phenoxy) is 1. The number of nitrogens with zero attached hydrogens (tertiary/aromatic N) is 2. The van der Waals surface area contributed by atoms with Gasteiger partial charge >= 0.3 is 23.5 Å². The molecule has 2 heterocycles. The topological polar surface area (TPSA) is 231 Å². The van der Waals surface area contributed by atoms with Crippen molar-refractivity contribution in [3.63, 3.8) is 0 Å². The normalized spacial score (nSPS) is 35.5. The molecular formula is C11H18F2N3O12P3. The maximum absolute atomic E-state index is 15.0. The minimum atomic E-state index is -5.87. The number of amidine groups is 1. The number of hydrogen-bond acceptors (Lipinski definition) is 11. The van der Waals surface area contributed by atoms with Crippen LogP contribution >= 0.6 is 23.5 Å². The summed E-state index contributed by atoms with van der Waals surface area (Å²) in [6, 6.07) is 0. The highest BCUT2D eigenvalue weighted by Gasteiger charge is 2.66. The number of phosphoric acid groups is 3. The van der Waals surface area contributed by atoms with Crippen molar-refractivity contribution < 1.29 is 65.0 Å². The Labute approximate surface area is 172 Å². The molecule has 15 nitrogen and oxygen atoms in total. The van der Waals surface area contributed by atoms with Crippen LogP contribution in [0.3, 0.4) is 0 Å². The molecule has 31 heavy (non-hydrogen) atoms. The maximum atomic E-state index is 15.0. The van der Waals surface area contributed by atoms with Crippen molar-refractivity contribution in [2.75, 3.05) is 6.61 Å². The van der Waals surface area contributed by atoms with Crippen LogP contribution in [0.25, 0.3) is 0 Å². The van der Waals surface area contributed by atoms with Crippen LogP contribution in [0, 0.1) is 0 Å². The molecule has 0 saturated carbocycles. The summed E-state index contributed by atoms with van der Waals surface area (Å²) in [5, 5.41) is 10.4. The number of nitrogens with two attached hydrogens (primary N) is 1. The average molecular weight is 515 g/mol. The lowest BCUT2D eigenvalue weighted by Gasteiger charge is -2.34. The Balaban J connectivity index is 2.15. The van der Waals surface area contributed by atoms with Crippen LogP contribution in [0.15, 0.2) is 29.7 Å². The molecule has 1 fully saturated rings. The average Bonchev–Trinajstić information content (AvgIpc) is 2.71. The number of hydrogen-bond donors (Lipinski definition) is 6. The first kappa shape index (κ1) is 26.2. The van der Waals surface area contributed by atoms with Gasteiger partial charge in [0.1, 0.15) is 23.9 Å². The van der Waals surface area contributed by atoms with E-state index in [2.05, 4.69) is 24.7 Å². The standard InChI is InChI=1S/C11H18F2N3O12P3/c1-6-15-7(14)3-4-16(6)9-10(2,17)8(12)11(13,26-9)5-25-30(21,22)28-31(23,24)27-29(18,19)20/h3-4,8-9,17H,1,5H2,2H3,(H2,14,15)(H,21,22)(H,23,24)(H2,18,19,20)/t8-,9+,10+,11+/m0/s1. The summed E-state index contributed by atoms with van der Waals surface area (Å²) >= 11 is 0. The van der Waals surface area contributed by atoms with Gasteiger partial charge in [-0.1, -0.05) is 6.58 Å². The van der Waals surface area contributed by atoms with Crippen LogP contribution in [-0.4, -0.2) is 65.9 Å². The first-order valence-corrected chi connectivity index (χ1v) is 12.3. The zero-order valence-electron chi connectivity index (χ0n) is 15.4. The van der Waals surface area contributed by atoms with Gasteiger partial charge in [-0.15, -0.1) is 0 Å². The van der Waals surface area contributed by atoms with Gasteiger partial charge in [0, 0.05) is 6.20 Å². The van der Waals surface area contributed by atoms with Crippen molar-refractivity contribution in [3.05, 3.63) is 24.7 Å². The number of phosphoric ester groups is 1. The Bertz CT molecular complexity index is 953. The van der Waals surface area contributed by atoms with Crippen molar-refractivity contribution in [1.82, 2.24) is 4.90 Å². The molecule has 0 aliphatic carbocycles. The number of rotatable bonds is 8. The summed E-state index contributed by atoms with van der Waals surface area (Å²) < 4.78 is 79.1. The lowest BCUT2D eigenvalue weighted by atomic mass is 9.96. The van der Waals surface area contributed by atoms with E-state index >= 15 is 4.39 Å². The minimum Gasteiger partial charge on any atom is -0.384 e. The summed E-state index contributed by atoms with van der Waals surface area (Å²) in [4.78, 5) is 40.0. The van der Waals surface area contributed by atoms with Crippen molar-refractivity contribution in [1.29, 1.82) is 0 Å². The first-order valence-electron chi connectivity index (χ1n) is 7.79. The molecule has 2 aliphatic heterocycles. The van der Waals surface area contributed by atoms with E-state index in [0.717, 1.165) is 18.0 Å². The quantitative estimate of drug-likeness (QED) is 0.236. The molecule has 2 aliphatic rings. The largest absolute Gasteiger partial charge is 0.490 e. The fourth-order valence-corrected chi connectivity index (χ4v) is 5.58. The van der Waals surface area contributed by atoms with Crippen LogP contribution in [0.2, 0.25) is 0 Å². The van der Waals surface area contributed by atoms with Gasteiger partial charge in [0.25, 0.3) is 5.85 Å². The summed E-state index contributed by atoms with van der Waals surface area (Å²) in [6.07, 6.45) is -2.39. The minimum absolute atomic E-state index is 0.00476. The SMILES string of the molecule is C=C1N=C(N)C=CN1[C@@H]1O[C@](F)(COP(=O)(O)OP(=O)(O)OP(=O)(O)O)[C@@H](F)[C@@]1(C)O. The lowest BCUT2D eigenvalue weighted by Crippen LogP contribution is -2.51. The van der Waals surface area contributed by atoms with Crippen LogP contribution in [0.5, 0.6) is 0 Å². The lowest BCUT2D eigenvalue weighted by molar-refractivity contribution is -0.198. The molecule has 178 valence electrons. The fraction of sp³-hybridized carbons (Fsp3) is 0.545. The molecule has 0 bridgehead atoms. The number of alkyl halides is 2. The van der Waals surface area contributed by atoms with Crippen LogP contribution in [-0.2, 0) is 31.6 Å². The molecular weight excluding hydrogens is 497 g/mol. The molecule has 0 spiro atoms. The second kappa shape index (κ2) is 8.37. The monoisotopic (exact) mass is 515 g/mol. The van der Waals surface area contributed by atoms with Gasteiger partial charge in [0.15, 0.2) is 12.4 Å². The van der Waals surface area contributed by atoms with Gasteiger partial charge in [0.05, 0.1) is 0 Å². The van der Waals surface area contributed by atoms with E-state index in [4.69, 9.17) is 25.2 Å². The summed E-state index contributed by atoms with van der Waals surface area (Å²) in [6.45, 7) is 2.54. The molecule has 0 aromatic rings. The molecule has 0 amide bonds. The smallest absolute Gasteiger partial charge is 0.384 e. The Morgan fingerprint density at radius 2 is 1.87 bits per heavy atom. The van der Waals surface area contributed by atoms with Crippen molar-refractivity contribution in [2.24, 2.45) is 10.7 Å². The number of aliphatic hydroxyl groups is 1. The van der Waals surface area contributed by atoms with Gasteiger partial charge < -0.3 is 40.1 Å². The van der Waals surface area contributed by atoms with Crippen LogP contribution < -0.4 is 5.73 Å². The Hall–Kier alpha value is -1.06. The highest BCUT2D eigenvalue weighted by atomic mass is 31.3. The third kappa shape index (κ3) is 6.26. The molecule has 2 rings (SSSR count). The van der Waals surface area contributed by atoms with E-state index < -0.39 is 53.9 Å². The molecule has 20 heteroatoms. The second-order valence-corrected chi connectivity index (χ2v) is 10.8. The zero-order chi connectivity index (χ0) is 24.0. The Morgan fingerprint density at radius 1 is 1.29 bits per heavy atom. The van der Waals surface area contributed by atoms with Gasteiger partial charge in [-0.3, -0.25) is 4.52 Å². The van der Waals surface area contributed by atoms with E-state index in [-0.39, 0.29) is 11.7 Å². The van der Waals surface area contributed by atoms with E-state index in [9.17, 15) is 28.1 Å². The van der Waals surface area contributed by atoms with Crippen molar-refractivity contribution >= 4 is 29.3 Å². The molecule has 0 radical (unpaired) electrons. The van der Waals surface area contributed by atoms with Crippen molar-refractivity contribution in [3.8, 4) is 0 Å². The van der Waals surface area contributed by atoms with Gasteiger partial charge in [-0.25, -0.2) is 27.5 Å².